The third kappa shape index (κ3) is 2.62. The van der Waals surface area contributed by atoms with Crippen molar-refractivity contribution in [2.75, 3.05) is 20.8 Å². The summed E-state index contributed by atoms with van der Waals surface area (Å²) >= 11 is 0. The SMILES string of the molecule is CCN=C1NC(=O)C(c2ccc(OC)c(OC)c2)N1. The van der Waals surface area contributed by atoms with Crippen molar-refractivity contribution in [1.29, 1.82) is 0 Å². The van der Waals surface area contributed by atoms with Crippen molar-refractivity contribution >= 4 is 11.9 Å². The maximum absolute atomic E-state index is 11.9. The van der Waals surface area contributed by atoms with E-state index >= 15 is 0 Å². The second-order valence-corrected chi connectivity index (χ2v) is 4.00. The zero-order valence-electron chi connectivity index (χ0n) is 11.2. The molecular formula is C13H17N3O3. The first-order valence-corrected chi connectivity index (χ1v) is 6.03. The molecular weight excluding hydrogens is 246 g/mol. The third-order valence-corrected chi connectivity index (χ3v) is 2.84. The predicted molar refractivity (Wildman–Crippen MR) is 71.5 cm³/mol. The fraction of sp³-hybridized carbons (Fsp3) is 0.385. The predicted octanol–water partition coefficient (Wildman–Crippen LogP) is 0.840. The molecule has 6 heteroatoms. The normalized spacial score (nSPS) is 20.1. The number of aliphatic imine (C=N–C) groups is 1. The van der Waals surface area contributed by atoms with Gasteiger partial charge in [-0.2, -0.15) is 0 Å². The van der Waals surface area contributed by atoms with Crippen LogP contribution in [0.3, 0.4) is 0 Å². The molecule has 1 atom stereocenters. The Balaban J connectivity index is 2.27. The first-order valence-electron chi connectivity index (χ1n) is 6.03. The van der Waals surface area contributed by atoms with Crippen molar-refractivity contribution in [1.82, 2.24) is 10.6 Å². The van der Waals surface area contributed by atoms with Gasteiger partial charge in [0.2, 0.25) is 0 Å². The van der Waals surface area contributed by atoms with E-state index in [1.54, 1.807) is 26.4 Å². The first-order chi connectivity index (χ1) is 9.19. The molecule has 0 aromatic heterocycles. The van der Waals surface area contributed by atoms with E-state index < -0.39 is 6.04 Å². The van der Waals surface area contributed by atoms with E-state index in [1.807, 2.05) is 13.0 Å². The van der Waals surface area contributed by atoms with Crippen LogP contribution in [0.4, 0.5) is 0 Å². The second-order valence-electron chi connectivity index (χ2n) is 4.00. The minimum absolute atomic E-state index is 0.126. The summed E-state index contributed by atoms with van der Waals surface area (Å²) in [6.45, 7) is 2.52. The number of guanidine groups is 1. The Morgan fingerprint density at radius 3 is 2.63 bits per heavy atom. The number of nitrogens with one attached hydrogen (secondary N) is 2. The summed E-state index contributed by atoms with van der Waals surface area (Å²) < 4.78 is 10.4. The van der Waals surface area contributed by atoms with Gasteiger partial charge in [-0.1, -0.05) is 6.07 Å². The smallest absolute Gasteiger partial charge is 0.253 e. The summed E-state index contributed by atoms with van der Waals surface area (Å²) in [7, 11) is 3.14. The molecule has 0 spiro atoms. The van der Waals surface area contributed by atoms with Crippen molar-refractivity contribution < 1.29 is 14.3 Å². The molecule has 6 nitrogen and oxygen atoms in total. The van der Waals surface area contributed by atoms with Crippen LogP contribution in [0.5, 0.6) is 11.5 Å². The summed E-state index contributed by atoms with van der Waals surface area (Å²) in [4.78, 5) is 16.0. The largest absolute Gasteiger partial charge is 0.493 e. The average Bonchev–Trinajstić information content (AvgIpc) is 2.79. The van der Waals surface area contributed by atoms with Gasteiger partial charge >= 0.3 is 0 Å². The Bertz CT molecular complexity index is 514. The van der Waals surface area contributed by atoms with Crippen LogP contribution in [-0.4, -0.2) is 32.6 Å². The Kier molecular flexibility index (Phi) is 3.89. The van der Waals surface area contributed by atoms with Gasteiger partial charge in [0.25, 0.3) is 5.91 Å². The van der Waals surface area contributed by atoms with Crippen LogP contribution in [0, 0.1) is 0 Å². The van der Waals surface area contributed by atoms with Crippen LogP contribution < -0.4 is 20.1 Å². The molecule has 1 fully saturated rings. The lowest BCUT2D eigenvalue weighted by molar-refractivity contribution is -0.120. The van der Waals surface area contributed by atoms with Gasteiger partial charge in [-0.05, 0) is 24.6 Å². The molecule has 1 aliphatic rings. The lowest BCUT2D eigenvalue weighted by Crippen LogP contribution is -2.25. The van der Waals surface area contributed by atoms with Gasteiger partial charge in [-0.3, -0.25) is 15.1 Å². The number of rotatable bonds is 4. The van der Waals surface area contributed by atoms with E-state index in [4.69, 9.17) is 9.47 Å². The fourth-order valence-corrected chi connectivity index (χ4v) is 1.94. The molecule has 19 heavy (non-hydrogen) atoms. The quantitative estimate of drug-likeness (QED) is 0.844. The molecule has 1 amide bonds. The van der Waals surface area contributed by atoms with Crippen LogP contribution in [0.2, 0.25) is 0 Å². The molecule has 0 saturated carbocycles. The topological polar surface area (TPSA) is 72.0 Å². The van der Waals surface area contributed by atoms with Gasteiger partial charge in [-0.25, -0.2) is 0 Å². The Hall–Kier alpha value is -2.24. The summed E-state index contributed by atoms with van der Waals surface area (Å²) in [6.07, 6.45) is 0. The lowest BCUT2D eigenvalue weighted by Gasteiger charge is -2.12. The highest BCUT2D eigenvalue weighted by molar-refractivity contribution is 6.06. The van der Waals surface area contributed by atoms with E-state index in [0.717, 1.165) is 5.56 Å². The molecule has 1 aromatic rings. The molecule has 0 radical (unpaired) electrons. The lowest BCUT2D eigenvalue weighted by atomic mass is 10.1. The molecule has 0 aliphatic carbocycles. The summed E-state index contributed by atoms with van der Waals surface area (Å²) in [5.41, 5.74) is 0.802. The van der Waals surface area contributed by atoms with Crippen molar-refractivity contribution in [3.8, 4) is 11.5 Å². The molecule has 1 heterocycles. The number of hydrogen-bond acceptors (Lipinski definition) is 4. The zero-order valence-corrected chi connectivity index (χ0v) is 11.2. The number of hydrogen-bond donors (Lipinski definition) is 2. The van der Waals surface area contributed by atoms with Gasteiger partial charge in [-0.15, -0.1) is 0 Å². The van der Waals surface area contributed by atoms with Crippen LogP contribution in [0.1, 0.15) is 18.5 Å². The van der Waals surface area contributed by atoms with Crippen molar-refractivity contribution in [2.24, 2.45) is 4.99 Å². The molecule has 1 aliphatic heterocycles. The number of benzene rings is 1. The van der Waals surface area contributed by atoms with Crippen LogP contribution >= 0.6 is 0 Å². The van der Waals surface area contributed by atoms with Crippen LogP contribution in [0.15, 0.2) is 23.2 Å². The highest BCUT2D eigenvalue weighted by Crippen LogP contribution is 2.30. The van der Waals surface area contributed by atoms with Crippen molar-refractivity contribution in [3.05, 3.63) is 23.8 Å². The van der Waals surface area contributed by atoms with Gasteiger partial charge < -0.3 is 14.8 Å². The molecule has 2 rings (SSSR count). The molecule has 102 valence electrons. The van der Waals surface area contributed by atoms with E-state index in [2.05, 4.69) is 15.6 Å². The van der Waals surface area contributed by atoms with E-state index in [0.29, 0.717) is 24.0 Å². The Morgan fingerprint density at radius 1 is 1.26 bits per heavy atom. The van der Waals surface area contributed by atoms with Crippen LogP contribution in [-0.2, 0) is 4.79 Å². The maximum atomic E-state index is 11.9. The Labute approximate surface area is 111 Å². The third-order valence-electron chi connectivity index (χ3n) is 2.84. The van der Waals surface area contributed by atoms with E-state index in [1.165, 1.54) is 0 Å². The fourth-order valence-electron chi connectivity index (χ4n) is 1.94. The van der Waals surface area contributed by atoms with Crippen LogP contribution in [0.25, 0.3) is 0 Å². The highest BCUT2D eigenvalue weighted by Gasteiger charge is 2.30. The number of carbonyl (C=O) groups excluding carboxylic acids is 1. The standard InChI is InChI=1S/C13H17N3O3/c1-4-14-13-15-11(12(17)16-13)8-5-6-9(18-2)10(7-8)19-3/h5-7,11H,4H2,1-3H3,(H2,14,15,16,17). The number of nitrogens with zero attached hydrogens (tertiary/aromatic N) is 1. The van der Waals surface area contributed by atoms with Gasteiger partial charge in [0.15, 0.2) is 17.5 Å². The van der Waals surface area contributed by atoms with E-state index in [9.17, 15) is 4.79 Å². The first kappa shape index (κ1) is 13.2. The summed E-state index contributed by atoms with van der Waals surface area (Å²) in [5.74, 6) is 1.61. The van der Waals surface area contributed by atoms with Crippen molar-refractivity contribution in [2.45, 2.75) is 13.0 Å². The summed E-state index contributed by atoms with van der Waals surface area (Å²) in [6, 6.07) is 4.93. The van der Waals surface area contributed by atoms with E-state index in [-0.39, 0.29) is 5.91 Å². The molecule has 2 N–H and O–H groups in total. The average molecular weight is 263 g/mol. The molecule has 1 saturated heterocycles. The minimum atomic E-state index is -0.454. The monoisotopic (exact) mass is 263 g/mol. The molecule has 1 unspecified atom stereocenters. The van der Waals surface area contributed by atoms with Crippen molar-refractivity contribution in [3.63, 3.8) is 0 Å². The Morgan fingerprint density at radius 2 is 2.00 bits per heavy atom. The molecule has 0 bridgehead atoms. The second kappa shape index (κ2) is 5.60. The maximum Gasteiger partial charge on any atom is 0.253 e. The zero-order chi connectivity index (χ0) is 13.8. The van der Waals surface area contributed by atoms with Gasteiger partial charge in [0.05, 0.1) is 14.2 Å². The number of methoxy groups -OCH3 is 2. The summed E-state index contributed by atoms with van der Waals surface area (Å²) in [5, 5.41) is 5.74. The minimum Gasteiger partial charge on any atom is -0.493 e. The number of amides is 1. The highest BCUT2D eigenvalue weighted by atomic mass is 16.5. The van der Waals surface area contributed by atoms with Gasteiger partial charge in [0.1, 0.15) is 6.04 Å². The number of carbonyl (C=O) groups is 1. The molecule has 1 aromatic carbocycles. The van der Waals surface area contributed by atoms with Gasteiger partial charge in [0, 0.05) is 6.54 Å². The number of ether oxygens (including phenoxy) is 2.